The molecule has 1 unspecified atom stereocenters. The fourth-order valence-electron chi connectivity index (χ4n) is 2.92. The van der Waals surface area contributed by atoms with Gasteiger partial charge >= 0.3 is 0 Å². The standard InChI is InChI=1S/C18H38N4O2.HI/c1-4-19-18(21-11-8-14-24-16-15-23-3)20-10-7-13-22-12-6-5-9-17(22)2;/h17H,4-16H2,1-3H3,(H2,19,20,21);1H. The molecule has 0 amide bonds. The van der Waals surface area contributed by atoms with Gasteiger partial charge in [0.25, 0.3) is 0 Å². The Bertz CT molecular complexity index is 332. The fourth-order valence-corrected chi connectivity index (χ4v) is 2.92. The second-order valence-electron chi connectivity index (χ2n) is 6.38. The minimum absolute atomic E-state index is 0. The van der Waals surface area contributed by atoms with Gasteiger partial charge in [-0.1, -0.05) is 6.42 Å². The smallest absolute Gasteiger partial charge is 0.191 e. The van der Waals surface area contributed by atoms with Crippen molar-refractivity contribution in [3.05, 3.63) is 0 Å². The molecule has 150 valence electrons. The molecular formula is C18H39IN4O2. The number of piperidine rings is 1. The van der Waals surface area contributed by atoms with Crippen LogP contribution < -0.4 is 10.6 Å². The zero-order valence-electron chi connectivity index (χ0n) is 16.4. The molecule has 1 aliphatic heterocycles. The van der Waals surface area contributed by atoms with Gasteiger partial charge in [-0.05, 0) is 46.1 Å². The van der Waals surface area contributed by atoms with Crippen molar-refractivity contribution in [1.29, 1.82) is 0 Å². The summed E-state index contributed by atoms with van der Waals surface area (Å²) in [5.41, 5.74) is 0. The van der Waals surface area contributed by atoms with Gasteiger partial charge in [0, 0.05) is 45.9 Å². The van der Waals surface area contributed by atoms with Crippen LogP contribution in [0.25, 0.3) is 0 Å². The first kappa shape index (κ1) is 24.9. The van der Waals surface area contributed by atoms with Crippen LogP contribution in [0.2, 0.25) is 0 Å². The molecule has 0 aliphatic carbocycles. The van der Waals surface area contributed by atoms with Gasteiger partial charge in [0.2, 0.25) is 0 Å². The molecular weight excluding hydrogens is 431 g/mol. The lowest BCUT2D eigenvalue weighted by Gasteiger charge is -2.33. The van der Waals surface area contributed by atoms with Gasteiger partial charge < -0.3 is 25.0 Å². The van der Waals surface area contributed by atoms with E-state index >= 15 is 0 Å². The van der Waals surface area contributed by atoms with Crippen molar-refractivity contribution in [2.24, 2.45) is 4.99 Å². The summed E-state index contributed by atoms with van der Waals surface area (Å²) in [6.07, 6.45) is 6.20. The van der Waals surface area contributed by atoms with Crippen LogP contribution in [0, 0.1) is 0 Å². The van der Waals surface area contributed by atoms with Crippen LogP contribution in [-0.4, -0.2) is 76.6 Å². The summed E-state index contributed by atoms with van der Waals surface area (Å²) in [5.74, 6) is 0.918. The van der Waals surface area contributed by atoms with Gasteiger partial charge in [0.1, 0.15) is 0 Å². The molecule has 0 aromatic heterocycles. The first-order valence-electron chi connectivity index (χ1n) is 9.60. The second-order valence-corrected chi connectivity index (χ2v) is 6.38. The van der Waals surface area contributed by atoms with E-state index in [-0.39, 0.29) is 24.0 Å². The predicted molar refractivity (Wildman–Crippen MR) is 116 cm³/mol. The van der Waals surface area contributed by atoms with E-state index in [0.29, 0.717) is 13.2 Å². The highest BCUT2D eigenvalue weighted by Gasteiger charge is 2.16. The number of nitrogens with one attached hydrogen (secondary N) is 2. The molecule has 7 heteroatoms. The van der Waals surface area contributed by atoms with Gasteiger partial charge in [-0.25, -0.2) is 0 Å². The fraction of sp³-hybridized carbons (Fsp3) is 0.944. The third kappa shape index (κ3) is 12.8. The number of hydrogen-bond acceptors (Lipinski definition) is 4. The number of aliphatic imine (C=N–C) groups is 1. The molecule has 25 heavy (non-hydrogen) atoms. The van der Waals surface area contributed by atoms with E-state index in [9.17, 15) is 0 Å². The summed E-state index contributed by atoms with van der Waals surface area (Å²) < 4.78 is 10.4. The monoisotopic (exact) mass is 470 g/mol. The second kappa shape index (κ2) is 17.3. The highest BCUT2D eigenvalue weighted by molar-refractivity contribution is 14.0. The molecule has 0 bridgehead atoms. The average Bonchev–Trinajstić information content (AvgIpc) is 2.59. The first-order chi connectivity index (χ1) is 11.8. The summed E-state index contributed by atoms with van der Waals surface area (Å²) in [7, 11) is 1.69. The number of hydrogen-bond donors (Lipinski definition) is 2. The minimum atomic E-state index is 0. The topological polar surface area (TPSA) is 58.1 Å². The summed E-state index contributed by atoms with van der Waals surface area (Å²) >= 11 is 0. The van der Waals surface area contributed by atoms with Gasteiger partial charge in [-0.15, -0.1) is 24.0 Å². The summed E-state index contributed by atoms with van der Waals surface area (Å²) in [6.45, 7) is 11.6. The molecule has 0 aromatic rings. The Morgan fingerprint density at radius 2 is 2.00 bits per heavy atom. The van der Waals surface area contributed by atoms with Gasteiger partial charge in [0.05, 0.1) is 13.2 Å². The van der Waals surface area contributed by atoms with Crippen LogP contribution in [0.1, 0.15) is 46.0 Å². The molecule has 0 radical (unpaired) electrons. The van der Waals surface area contributed by atoms with Crippen molar-refractivity contribution in [3.8, 4) is 0 Å². The lowest BCUT2D eigenvalue weighted by Crippen LogP contribution is -2.41. The number of ether oxygens (including phenoxy) is 2. The van der Waals surface area contributed by atoms with Crippen molar-refractivity contribution in [2.45, 2.75) is 52.0 Å². The molecule has 1 fully saturated rings. The molecule has 0 spiro atoms. The van der Waals surface area contributed by atoms with Crippen molar-refractivity contribution < 1.29 is 9.47 Å². The molecule has 1 heterocycles. The Kier molecular flexibility index (Phi) is 17.2. The van der Waals surface area contributed by atoms with Crippen molar-refractivity contribution in [3.63, 3.8) is 0 Å². The number of methoxy groups -OCH3 is 1. The maximum atomic E-state index is 5.45. The van der Waals surface area contributed by atoms with Crippen LogP contribution >= 0.6 is 24.0 Å². The molecule has 1 saturated heterocycles. The van der Waals surface area contributed by atoms with Crippen LogP contribution in [0.4, 0.5) is 0 Å². The molecule has 1 atom stereocenters. The van der Waals surface area contributed by atoms with Crippen molar-refractivity contribution >= 4 is 29.9 Å². The Morgan fingerprint density at radius 1 is 1.16 bits per heavy atom. The predicted octanol–water partition coefficient (Wildman–Crippen LogP) is 2.48. The van der Waals surface area contributed by atoms with E-state index in [2.05, 4.69) is 34.4 Å². The number of guanidine groups is 1. The van der Waals surface area contributed by atoms with Crippen molar-refractivity contribution in [1.82, 2.24) is 15.5 Å². The maximum absolute atomic E-state index is 5.45. The highest BCUT2D eigenvalue weighted by Crippen LogP contribution is 2.15. The Labute approximate surface area is 171 Å². The lowest BCUT2D eigenvalue weighted by molar-refractivity contribution is 0.0702. The molecule has 1 rings (SSSR count). The normalized spacial score (nSPS) is 18.7. The van der Waals surface area contributed by atoms with E-state index in [4.69, 9.17) is 9.47 Å². The first-order valence-corrected chi connectivity index (χ1v) is 9.60. The Balaban J connectivity index is 0.00000576. The van der Waals surface area contributed by atoms with E-state index < -0.39 is 0 Å². The van der Waals surface area contributed by atoms with E-state index in [1.165, 1.54) is 32.4 Å². The van der Waals surface area contributed by atoms with E-state index in [1.54, 1.807) is 7.11 Å². The molecule has 0 saturated carbocycles. The highest BCUT2D eigenvalue weighted by atomic mass is 127. The number of likely N-dealkylation sites (tertiary alicyclic amines) is 1. The van der Waals surface area contributed by atoms with Gasteiger partial charge in [-0.3, -0.25) is 4.99 Å². The zero-order valence-corrected chi connectivity index (χ0v) is 18.7. The largest absolute Gasteiger partial charge is 0.382 e. The summed E-state index contributed by atoms with van der Waals surface area (Å²) in [6, 6.07) is 0.749. The third-order valence-electron chi connectivity index (χ3n) is 4.35. The SMILES string of the molecule is CCNC(=NCCCOCCOC)NCCCN1CCCCC1C.I. The zero-order chi connectivity index (χ0) is 17.5. The number of halogens is 1. The van der Waals surface area contributed by atoms with Crippen molar-refractivity contribution in [2.75, 3.05) is 59.7 Å². The maximum Gasteiger partial charge on any atom is 0.191 e. The van der Waals surface area contributed by atoms with Gasteiger partial charge in [0.15, 0.2) is 5.96 Å². The molecule has 1 aliphatic rings. The minimum Gasteiger partial charge on any atom is -0.382 e. The van der Waals surface area contributed by atoms with Crippen LogP contribution in [0.15, 0.2) is 4.99 Å². The van der Waals surface area contributed by atoms with E-state index in [1.807, 2.05) is 0 Å². The quantitative estimate of drug-likeness (QED) is 0.199. The Hall–Kier alpha value is -0.120. The van der Waals surface area contributed by atoms with Crippen LogP contribution in [0.5, 0.6) is 0 Å². The summed E-state index contributed by atoms with van der Waals surface area (Å²) in [5, 5.41) is 6.74. The van der Waals surface area contributed by atoms with Gasteiger partial charge in [-0.2, -0.15) is 0 Å². The molecule has 6 nitrogen and oxygen atoms in total. The van der Waals surface area contributed by atoms with Crippen LogP contribution in [0.3, 0.4) is 0 Å². The Morgan fingerprint density at radius 3 is 2.72 bits per heavy atom. The number of nitrogens with zero attached hydrogens (tertiary/aromatic N) is 2. The number of rotatable bonds is 12. The third-order valence-corrected chi connectivity index (χ3v) is 4.35. The lowest BCUT2D eigenvalue weighted by atomic mass is 10.0. The molecule has 0 aromatic carbocycles. The summed E-state index contributed by atoms with van der Waals surface area (Å²) in [4.78, 5) is 7.22. The van der Waals surface area contributed by atoms with Crippen LogP contribution in [-0.2, 0) is 9.47 Å². The molecule has 2 N–H and O–H groups in total. The van der Waals surface area contributed by atoms with E-state index in [0.717, 1.165) is 51.1 Å². The average molecular weight is 470 g/mol.